The van der Waals surface area contributed by atoms with E-state index in [9.17, 15) is 22.8 Å². The quantitative estimate of drug-likeness (QED) is 0.694. The number of hydrogen-bond acceptors (Lipinski definition) is 5. The molecule has 2 aromatic carbocycles. The van der Waals surface area contributed by atoms with E-state index >= 15 is 0 Å². The maximum atomic E-state index is 13.2. The van der Waals surface area contributed by atoms with Crippen LogP contribution < -0.4 is 15.4 Å². The Balaban J connectivity index is 2.03. The molecule has 0 saturated carbocycles. The van der Waals surface area contributed by atoms with Crippen LogP contribution in [-0.4, -0.2) is 32.1 Å². The van der Waals surface area contributed by atoms with Gasteiger partial charge in [0.15, 0.2) is 0 Å². The van der Waals surface area contributed by atoms with Crippen molar-refractivity contribution < 1.29 is 32.2 Å². The number of halogens is 3. The van der Waals surface area contributed by atoms with E-state index in [0.29, 0.717) is 11.3 Å². The second-order valence-electron chi connectivity index (χ2n) is 5.61. The van der Waals surface area contributed by atoms with E-state index in [1.807, 2.05) is 0 Å². The number of methoxy groups -OCH3 is 1. The molecular weight excluding hydrogens is 377 g/mol. The lowest BCUT2D eigenvalue weighted by Gasteiger charge is -2.16. The molecular formula is C19H19F3N2O4. The van der Waals surface area contributed by atoms with Gasteiger partial charge in [0.25, 0.3) is 0 Å². The maximum absolute atomic E-state index is 13.2. The topological polar surface area (TPSA) is 76.7 Å². The number of amides is 1. The van der Waals surface area contributed by atoms with Crippen molar-refractivity contribution in [3.05, 3.63) is 53.6 Å². The number of esters is 1. The third kappa shape index (κ3) is 5.63. The first-order valence-corrected chi connectivity index (χ1v) is 8.30. The van der Waals surface area contributed by atoms with Crippen molar-refractivity contribution in [2.75, 3.05) is 30.9 Å². The van der Waals surface area contributed by atoms with Crippen LogP contribution in [0.1, 0.15) is 22.8 Å². The molecule has 2 N–H and O–H groups in total. The van der Waals surface area contributed by atoms with Crippen LogP contribution in [0.5, 0.6) is 5.75 Å². The van der Waals surface area contributed by atoms with Crippen LogP contribution >= 0.6 is 0 Å². The van der Waals surface area contributed by atoms with Gasteiger partial charge < -0.3 is 20.1 Å². The third-order valence-corrected chi connectivity index (χ3v) is 3.64. The summed E-state index contributed by atoms with van der Waals surface area (Å²) in [5.41, 5.74) is -0.453. The van der Waals surface area contributed by atoms with Crippen LogP contribution in [0.4, 0.5) is 24.5 Å². The van der Waals surface area contributed by atoms with Crippen molar-refractivity contribution in [3.63, 3.8) is 0 Å². The second-order valence-corrected chi connectivity index (χ2v) is 5.61. The highest BCUT2D eigenvalue weighted by Gasteiger charge is 2.34. The van der Waals surface area contributed by atoms with E-state index in [4.69, 9.17) is 4.74 Å². The van der Waals surface area contributed by atoms with Crippen molar-refractivity contribution >= 4 is 23.3 Å². The molecule has 1 amide bonds. The van der Waals surface area contributed by atoms with Crippen molar-refractivity contribution in [2.24, 2.45) is 0 Å². The number of carbonyl (C=O) groups excluding carboxylic acids is 2. The number of hydrogen-bond donors (Lipinski definition) is 2. The molecule has 28 heavy (non-hydrogen) atoms. The highest BCUT2D eigenvalue weighted by molar-refractivity contribution is 5.95. The van der Waals surface area contributed by atoms with E-state index in [1.54, 1.807) is 6.92 Å². The van der Waals surface area contributed by atoms with Gasteiger partial charge in [-0.3, -0.25) is 4.79 Å². The molecule has 6 nitrogen and oxygen atoms in total. The number of nitrogens with one attached hydrogen (secondary N) is 2. The van der Waals surface area contributed by atoms with Gasteiger partial charge in [0, 0.05) is 11.4 Å². The first-order chi connectivity index (χ1) is 13.2. The lowest BCUT2D eigenvalue weighted by Crippen LogP contribution is -2.23. The molecule has 2 aromatic rings. The number of rotatable bonds is 7. The Morgan fingerprint density at radius 2 is 1.75 bits per heavy atom. The minimum absolute atomic E-state index is 0.0931. The van der Waals surface area contributed by atoms with Gasteiger partial charge >= 0.3 is 12.1 Å². The van der Waals surface area contributed by atoms with Crippen molar-refractivity contribution in [3.8, 4) is 5.75 Å². The lowest BCUT2D eigenvalue weighted by atomic mass is 10.1. The Kier molecular flexibility index (Phi) is 6.86. The van der Waals surface area contributed by atoms with Crippen LogP contribution in [0.2, 0.25) is 0 Å². The van der Waals surface area contributed by atoms with Gasteiger partial charge in [-0.1, -0.05) is 0 Å². The van der Waals surface area contributed by atoms with Crippen LogP contribution in [0, 0.1) is 0 Å². The Labute approximate surface area is 159 Å². The van der Waals surface area contributed by atoms with Crippen molar-refractivity contribution in [1.29, 1.82) is 0 Å². The fourth-order valence-electron chi connectivity index (χ4n) is 2.36. The lowest BCUT2D eigenvalue weighted by molar-refractivity contribution is -0.137. The van der Waals surface area contributed by atoms with Crippen LogP contribution in [0.15, 0.2) is 42.5 Å². The summed E-state index contributed by atoms with van der Waals surface area (Å²) < 4.78 is 49.4. The maximum Gasteiger partial charge on any atom is 0.418 e. The zero-order valence-corrected chi connectivity index (χ0v) is 15.2. The average molecular weight is 396 g/mol. The number of benzene rings is 2. The van der Waals surface area contributed by atoms with E-state index in [-0.39, 0.29) is 24.6 Å². The predicted octanol–water partition coefficient (Wildman–Crippen LogP) is 3.94. The first kappa shape index (κ1) is 21.1. The summed E-state index contributed by atoms with van der Waals surface area (Å²) in [6, 6.07) is 9.39. The van der Waals surface area contributed by atoms with Gasteiger partial charge in [0.1, 0.15) is 5.75 Å². The summed E-state index contributed by atoms with van der Waals surface area (Å²) in [5.74, 6) is -0.974. The number of carbonyl (C=O) groups is 2. The zero-order chi connectivity index (χ0) is 20.7. The van der Waals surface area contributed by atoms with Gasteiger partial charge in [0.05, 0.1) is 31.4 Å². The third-order valence-electron chi connectivity index (χ3n) is 3.64. The predicted molar refractivity (Wildman–Crippen MR) is 97.5 cm³/mol. The van der Waals surface area contributed by atoms with Gasteiger partial charge in [-0.05, 0) is 49.4 Å². The van der Waals surface area contributed by atoms with E-state index in [2.05, 4.69) is 15.4 Å². The number of ether oxygens (including phenoxy) is 2. The average Bonchev–Trinajstić information content (AvgIpc) is 2.66. The first-order valence-electron chi connectivity index (χ1n) is 8.30. The van der Waals surface area contributed by atoms with E-state index in [1.165, 1.54) is 43.5 Å². The molecule has 150 valence electrons. The van der Waals surface area contributed by atoms with Crippen LogP contribution in [0.3, 0.4) is 0 Å². The minimum Gasteiger partial charge on any atom is -0.494 e. The fraction of sp³-hybridized carbons (Fsp3) is 0.263. The van der Waals surface area contributed by atoms with Crippen LogP contribution in [-0.2, 0) is 15.7 Å². The standard InChI is InChI=1S/C19H19F3N2O4/c1-3-28-14-8-9-16(15(10-14)19(20,21)22)23-11-17(25)24-13-6-4-12(5-7-13)18(26)27-2/h4-10,23H,3,11H2,1-2H3,(H,24,25). The minimum atomic E-state index is -4.60. The monoisotopic (exact) mass is 396 g/mol. The zero-order valence-electron chi connectivity index (χ0n) is 15.2. The van der Waals surface area contributed by atoms with Crippen molar-refractivity contribution in [2.45, 2.75) is 13.1 Å². The number of alkyl halides is 3. The highest BCUT2D eigenvalue weighted by atomic mass is 19.4. The Hall–Kier alpha value is -3.23. The van der Waals surface area contributed by atoms with Crippen LogP contribution in [0.25, 0.3) is 0 Å². The molecule has 0 fully saturated rings. The summed E-state index contributed by atoms with van der Waals surface area (Å²) >= 11 is 0. The fourth-order valence-corrected chi connectivity index (χ4v) is 2.36. The molecule has 0 aliphatic heterocycles. The normalized spacial score (nSPS) is 10.9. The molecule has 0 aromatic heterocycles. The smallest absolute Gasteiger partial charge is 0.418 e. The van der Waals surface area contributed by atoms with E-state index in [0.717, 1.165) is 6.07 Å². The van der Waals surface area contributed by atoms with E-state index < -0.39 is 23.6 Å². The van der Waals surface area contributed by atoms with Gasteiger partial charge in [0.2, 0.25) is 5.91 Å². The molecule has 0 atom stereocenters. The Morgan fingerprint density at radius 3 is 2.32 bits per heavy atom. The molecule has 2 rings (SSSR count). The summed E-state index contributed by atoms with van der Waals surface area (Å²) in [4.78, 5) is 23.4. The highest BCUT2D eigenvalue weighted by Crippen LogP contribution is 2.37. The molecule has 0 bridgehead atoms. The van der Waals surface area contributed by atoms with Gasteiger partial charge in [-0.25, -0.2) is 4.79 Å². The SMILES string of the molecule is CCOc1ccc(NCC(=O)Nc2ccc(C(=O)OC)cc2)c(C(F)(F)F)c1. The summed E-state index contributed by atoms with van der Waals surface area (Å²) in [6.07, 6.45) is -4.60. The molecule has 0 spiro atoms. The Morgan fingerprint density at radius 1 is 1.07 bits per heavy atom. The summed E-state index contributed by atoms with van der Waals surface area (Å²) in [6.45, 7) is 1.53. The largest absolute Gasteiger partial charge is 0.494 e. The summed E-state index contributed by atoms with van der Waals surface area (Å²) in [5, 5.41) is 5.01. The molecule has 0 heterocycles. The molecule has 0 aliphatic rings. The van der Waals surface area contributed by atoms with Gasteiger partial charge in [-0.15, -0.1) is 0 Å². The molecule has 0 aliphatic carbocycles. The summed E-state index contributed by atoms with van der Waals surface area (Å²) in [7, 11) is 1.25. The molecule has 0 saturated heterocycles. The van der Waals surface area contributed by atoms with Crippen molar-refractivity contribution in [1.82, 2.24) is 0 Å². The van der Waals surface area contributed by atoms with Gasteiger partial charge in [-0.2, -0.15) is 13.2 Å². The second kappa shape index (κ2) is 9.12. The Bertz CT molecular complexity index is 836. The molecule has 0 radical (unpaired) electrons. The molecule has 9 heteroatoms. The molecule has 0 unspecified atom stereocenters. The number of anilines is 2.